The summed E-state index contributed by atoms with van der Waals surface area (Å²) in [5.74, 6) is -0.399. The van der Waals surface area contributed by atoms with Crippen molar-refractivity contribution < 1.29 is 14.5 Å². The molecule has 6 heteroatoms. The first kappa shape index (κ1) is 10.3. The van der Waals surface area contributed by atoms with Gasteiger partial charge in [-0.2, -0.15) is 0 Å². The Kier molecular flexibility index (Phi) is 2.54. The first-order chi connectivity index (χ1) is 7.11. The molecule has 15 heavy (non-hydrogen) atoms. The number of ether oxygens (including phenoxy) is 1. The van der Waals surface area contributed by atoms with E-state index >= 15 is 0 Å². The second-order valence-electron chi connectivity index (χ2n) is 3.06. The quantitative estimate of drug-likeness (QED) is 0.445. The van der Waals surface area contributed by atoms with Crippen molar-refractivity contribution in [2.75, 3.05) is 0 Å². The van der Waals surface area contributed by atoms with Gasteiger partial charge in [-0.05, 0) is 21.5 Å². The van der Waals surface area contributed by atoms with Crippen molar-refractivity contribution in [3.05, 3.63) is 39.4 Å². The van der Waals surface area contributed by atoms with Gasteiger partial charge in [-0.25, -0.2) is 0 Å². The molecule has 1 unspecified atom stereocenters. The Morgan fingerprint density at radius 3 is 2.93 bits per heavy atom. The van der Waals surface area contributed by atoms with Crippen molar-refractivity contribution in [2.24, 2.45) is 0 Å². The van der Waals surface area contributed by atoms with Crippen LogP contribution in [-0.4, -0.2) is 15.7 Å². The standard InChI is InChI=1S/C9H6BrNO4/c10-9-8(12)7-5(4-15-9)2-1-3-6(7)11(13)14/h1-3,9H,4H2. The number of fused-ring (bicyclic) bond motifs is 1. The van der Waals surface area contributed by atoms with Crippen LogP contribution in [0.1, 0.15) is 15.9 Å². The fourth-order valence-corrected chi connectivity index (χ4v) is 1.86. The van der Waals surface area contributed by atoms with Crippen molar-refractivity contribution >= 4 is 27.4 Å². The zero-order chi connectivity index (χ0) is 11.0. The van der Waals surface area contributed by atoms with Gasteiger partial charge in [0, 0.05) is 6.07 Å². The molecule has 1 heterocycles. The van der Waals surface area contributed by atoms with E-state index in [0.717, 1.165) is 0 Å². The summed E-state index contributed by atoms with van der Waals surface area (Å²) in [5.41, 5.74) is 0.547. The number of carbonyl (C=O) groups is 1. The van der Waals surface area contributed by atoms with Gasteiger partial charge in [0.2, 0.25) is 5.78 Å². The van der Waals surface area contributed by atoms with E-state index in [-0.39, 0.29) is 17.9 Å². The van der Waals surface area contributed by atoms with Gasteiger partial charge in [0.1, 0.15) is 5.56 Å². The molecule has 0 saturated heterocycles. The summed E-state index contributed by atoms with van der Waals surface area (Å²) in [6.07, 6.45) is 0. The molecule has 0 saturated carbocycles. The number of Topliss-reactive ketones (excluding diaryl/α,β-unsaturated/α-hetero) is 1. The van der Waals surface area contributed by atoms with Gasteiger partial charge in [-0.3, -0.25) is 14.9 Å². The topological polar surface area (TPSA) is 69.4 Å². The van der Waals surface area contributed by atoms with E-state index in [1.54, 1.807) is 12.1 Å². The van der Waals surface area contributed by atoms with Crippen LogP contribution in [0.4, 0.5) is 5.69 Å². The summed E-state index contributed by atoms with van der Waals surface area (Å²) in [7, 11) is 0. The fraction of sp³-hybridized carbons (Fsp3) is 0.222. The summed E-state index contributed by atoms with van der Waals surface area (Å²) in [5, 5.41) is 9.94. The predicted molar refractivity (Wildman–Crippen MR) is 54.9 cm³/mol. The van der Waals surface area contributed by atoms with E-state index in [4.69, 9.17) is 4.74 Å². The molecule has 2 rings (SSSR count). The van der Waals surface area contributed by atoms with Crippen molar-refractivity contribution in [1.82, 2.24) is 0 Å². The molecule has 1 aromatic rings. The molecule has 5 nitrogen and oxygen atoms in total. The number of nitrogens with zero attached hydrogens (tertiary/aromatic N) is 1. The van der Waals surface area contributed by atoms with Crippen LogP contribution in [0.25, 0.3) is 0 Å². The Hall–Kier alpha value is -1.27. The van der Waals surface area contributed by atoms with Crippen LogP contribution in [0.15, 0.2) is 18.2 Å². The third-order valence-corrected chi connectivity index (χ3v) is 2.84. The minimum Gasteiger partial charge on any atom is -0.354 e. The molecule has 1 aliphatic heterocycles. The van der Waals surface area contributed by atoms with E-state index in [1.807, 2.05) is 0 Å². The largest absolute Gasteiger partial charge is 0.354 e. The normalized spacial score (nSPS) is 19.8. The van der Waals surface area contributed by atoms with E-state index in [0.29, 0.717) is 5.56 Å². The van der Waals surface area contributed by atoms with Crippen molar-refractivity contribution in [1.29, 1.82) is 0 Å². The Balaban J connectivity index is 2.62. The highest BCUT2D eigenvalue weighted by Crippen LogP contribution is 2.30. The molecule has 1 aromatic carbocycles. The van der Waals surface area contributed by atoms with Crippen LogP contribution < -0.4 is 0 Å². The van der Waals surface area contributed by atoms with E-state index < -0.39 is 15.7 Å². The summed E-state index contributed by atoms with van der Waals surface area (Å²) in [6.45, 7) is 0.207. The van der Waals surface area contributed by atoms with Gasteiger partial charge in [-0.15, -0.1) is 0 Å². The number of carbonyl (C=O) groups excluding carboxylic acids is 1. The molecule has 1 atom stereocenters. The monoisotopic (exact) mass is 271 g/mol. The second-order valence-corrected chi connectivity index (χ2v) is 3.89. The highest BCUT2D eigenvalue weighted by Gasteiger charge is 2.32. The van der Waals surface area contributed by atoms with E-state index in [2.05, 4.69) is 15.9 Å². The number of halogens is 1. The molecule has 0 spiro atoms. The number of nitro groups is 1. The molecule has 0 radical (unpaired) electrons. The van der Waals surface area contributed by atoms with Crippen molar-refractivity contribution in [3.63, 3.8) is 0 Å². The lowest BCUT2D eigenvalue weighted by Crippen LogP contribution is -2.25. The molecule has 0 fully saturated rings. The Labute approximate surface area is 93.3 Å². The molecular formula is C9H6BrNO4. The number of hydrogen-bond acceptors (Lipinski definition) is 4. The number of rotatable bonds is 1. The molecule has 78 valence electrons. The maximum atomic E-state index is 11.7. The van der Waals surface area contributed by atoms with Gasteiger partial charge >= 0.3 is 0 Å². The maximum absolute atomic E-state index is 11.7. The molecule has 0 N–H and O–H groups in total. The number of ketones is 1. The first-order valence-corrected chi connectivity index (χ1v) is 5.09. The lowest BCUT2D eigenvalue weighted by Gasteiger charge is -2.19. The fourth-order valence-electron chi connectivity index (χ4n) is 1.50. The Morgan fingerprint density at radius 2 is 2.27 bits per heavy atom. The minimum atomic E-state index is -0.786. The molecule has 0 amide bonds. The van der Waals surface area contributed by atoms with Gasteiger partial charge in [0.25, 0.3) is 5.69 Å². The third-order valence-electron chi connectivity index (χ3n) is 2.16. The third kappa shape index (κ3) is 1.66. The van der Waals surface area contributed by atoms with Gasteiger partial charge in [0.15, 0.2) is 5.01 Å². The number of benzene rings is 1. The average molecular weight is 272 g/mol. The van der Waals surface area contributed by atoms with Crippen molar-refractivity contribution in [3.8, 4) is 0 Å². The van der Waals surface area contributed by atoms with E-state index in [9.17, 15) is 14.9 Å². The summed E-state index contributed by atoms with van der Waals surface area (Å²) < 4.78 is 5.10. The zero-order valence-corrected chi connectivity index (χ0v) is 9.06. The van der Waals surface area contributed by atoms with Crippen LogP contribution in [0.5, 0.6) is 0 Å². The first-order valence-electron chi connectivity index (χ1n) is 4.17. The predicted octanol–water partition coefficient (Wildman–Crippen LogP) is 2.03. The van der Waals surface area contributed by atoms with E-state index in [1.165, 1.54) is 6.07 Å². The van der Waals surface area contributed by atoms with Crippen LogP contribution in [0.2, 0.25) is 0 Å². The molecule has 1 aliphatic rings. The highest BCUT2D eigenvalue weighted by atomic mass is 79.9. The summed E-state index contributed by atoms with van der Waals surface area (Å²) in [6, 6.07) is 4.52. The second kappa shape index (κ2) is 3.71. The Bertz CT molecular complexity index is 446. The van der Waals surface area contributed by atoms with Crippen LogP contribution >= 0.6 is 15.9 Å². The van der Waals surface area contributed by atoms with Crippen LogP contribution in [0, 0.1) is 10.1 Å². The number of alkyl halides is 1. The zero-order valence-electron chi connectivity index (χ0n) is 7.47. The number of nitro benzene ring substituents is 1. The van der Waals surface area contributed by atoms with Crippen LogP contribution in [-0.2, 0) is 11.3 Å². The van der Waals surface area contributed by atoms with Gasteiger partial charge < -0.3 is 4.74 Å². The molecule has 0 aromatic heterocycles. The Morgan fingerprint density at radius 1 is 1.53 bits per heavy atom. The van der Waals surface area contributed by atoms with Gasteiger partial charge in [-0.1, -0.05) is 12.1 Å². The molecular weight excluding hydrogens is 266 g/mol. The van der Waals surface area contributed by atoms with Crippen molar-refractivity contribution in [2.45, 2.75) is 11.6 Å². The highest BCUT2D eigenvalue weighted by molar-refractivity contribution is 9.09. The molecule has 0 bridgehead atoms. The van der Waals surface area contributed by atoms with Gasteiger partial charge in [0.05, 0.1) is 11.5 Å². The minimum absolute atomic E-state index is 0.149. The maximum Gasteiger partial charge on any atom is 0.280 e. The smallest absolute Gasteiger partial charge is 0.280 e. The van der Waals surface area contributed by atoms with Crippen LogP contribution in [0.3, 0.4) is 0 Å². The average Bonchev–Trinajstić information content (AvgIpc) is 2.23. The molecule has 0 aliphatic carbocycles. The number of hydrogen-bond donors (Lipinski definition) is 0. The lowest BCUT2D eigenvalue weighted by molar-refractivity contribution is -0.385. The summed E-state index contributed by atoms with van der Waals surface area (Å²) in [4.78, 5) is 21.8. The SMILES string of the molecule is O=C1c2c(cccc2[N+](=O)[O-])COC1Br. The summed E-state index contributed by atoms with van der Waals surface area (Å²) >= 11 is 3.01. The lowest BCUT2D eigenvalue weighted by atomic mass is 10.0.